The number of carbonyl (C=O) groups excluding carboxylic acids is 2. The molecule has 0 unspecified atom stereocenters. The molecule has 0 aromatic heterocycles. The summed E-state index contributed by atoms with van der Waals surface area (Å²) in [7, 11) is 0. The third-order valence-electron chi connectivity index (χ3n) is 4.60. The lowest BCUT2D eigenvalue weighted by molar-refractivity contribution is 0.0253. The largest absolute Gasteiger partial charge is 0.462 e. The van der Waals surface area contributed by atoms with Crippen LogP contribution in [0, 0.1) is 11.3 Å². The fourth-order valence-electron chi connectivity index (χ4n) is 2.78. The van der Waals surface area contributed by atoms with Crippen LogP contribution in [-0.4, -0.2) is 36.9 Å². The van der Waals surface area contributed by atoms with Gasteiger partial charge in [-0.15, -0.1) is 0 Å². The fourth-order valence-corrected chi connectivity index (χ4v) is 2.78. The highest BCUT2D eigenvalue weighted by Crippen LogP contribution is 2.52. The minimum atomic E-state index is -0.512. The van der Waals surface area contributed by atoms with Crippen LogP contribution in [0.1, 0.15) is 27.1 Å². The van der Waals surface area contributed by atoms with Crippen molar-refractivity contribution in [1.29, 1.82) is 0 Å². The first kappa shape index (κ1) is 17.2. The standard InChI is InChI=1S/C20H20O5/c21-13-20(14-25-19(23)16-9-5-2-6-10-16)11-17(20)12-24-18(22)15-7-3-1-4-8-15/h1-10,17,21H,11-14H2/t17-,20-/m1/s1. The number of aliphatic hydroxyl groups is 1. The van der Waals surface area contributed by atoms with Crippen molar-refractivity contribution in [3.05, 3.63) is 71.8 Å². The first-order chi connectivity index (χ1) is 12.1. The van der Waals surface area contributed by atoms with E-state index in [4.69, 9.17) is 9.47 Å². The number of hydrogen-bond acceptors (Lipinski definition) is 5. The normalized spacial score (nSPS) is 21.4. The van der Waals surface area contributed by atoms with Crippen LogP contribution >= 0.6 is 0 Å². The summed E-state index contributed by atoms with van der Waals surface area (Å²) in [5.74, 6) is -0.810. The van der Waals surface area contributed by atoms with Gasteiger partial charge in [-0.3, -0.25) is 0 Å². The quantitative estimate of drug-likeness (QED) is 0.785. The van der Waals surface area contributed by atoms with Crippen molar-refractivity contribution in [2.45, 2.75) is 6.42 Å². The summed E-state index contributed by atoms with van der Waals surface area (Å²) < 4.78 is 10.6. The molecule has 2 atom stereocenters. The molecule has 130 valence electrons. The molecule has 5 heteroatoms. The summed E-state index contributed by atoms with van der Waals surface area (Å²) in [5.41, 5.74) is 0.457. The van der Waals surface area contributed by atoms with Crippen LogP contribution < -0.4 is 0 Å². The van der Waals surface area contributed by atoms with E-state index in [0.717, 1.165) is 0 Å². The van der Waals surface area contributed by atoms with E-state index < -0.39 is 11.4 Å². The Morgan fingerprint density at radius 1 is 0.920 bits per heavy atom. The molecule has 0 aliphatic heterocycles. The molecule has 3 rings (SSSR count). The molecule has 25 heavy (non-hydrogen) atoms. The van der Waals surface area contributed by atoms with E-state index in [1.807, 2.05) is 12.1 Å². The predicted octanol–water partition coefficient (Wildman–Crippen LogP) is 2.70. The van der Waals surface area contributed by atoms with Gasteiger partial charge in [-0.1, -0.05) is 36.4 Å². The number of carbonyl (C=O) groups is 2. The Balaban J connectivity index is 1.49. The number of benzene rings is 2. The van der Waals surface area contributed by atoms with Crippen molar-refractivity contribution in [1.82, 2.24) is 0 Å². The first-order valence-electron chi connectivity index (χ1n) is 8.20. The molecular formula is C20H20O5. The van der Waals surface area contributed by atoms with E-state index in [1.165, 1.54) is 0 Å². The Morgan fingerprint density at radius 3 is 1.96 bits per heavy atom. The van der Waals surface area contributed by atoms with E-state index in [-0.39, 0.29) is 31.7 Å². The molecule has 0 heterocycles. The number of rotatable bonds is 7. The van der Waals surface area contributed by atoms with Crippen molar-refractivity contribution in [2.24, 2.45) is 11.3 Å². The summed E-state index contributed by atoms with van der Waals surface area (Å²) in [6.07, 6.45) is 0.660. The molecule has 0 saturated heterocycles. The van der Waals surface area contributed by atoms with Gasteiger partial charge in [-0.05, 0) is 30.7 Å². The zero-order chi connectivity index (χ0) is 17.7. The number of aliphatic hydroxyl groups excluding tert-OH is 1. The van der Waals surface area contributed by atoms with Crippen molar-refractivity contribution in [3.63, 3.8) is 0 Å². The molecule has 1 fully saturated rings. The van der Waals surface area contributed by atoms with Gasteiger partial charge in [0, 0.05) is 11.3 Å². The third-order valence-corrected chi connectivity index (χ3v) is 4.60. The molecule has 1 aliphatic rings. The second-order valence-corrected chi connectivity index (χ2v) is 6.33. The van der Waals surface area contributed by atoms with E-state index in [1.54, 1.807) is 48.5 Å². The maximum atomic E-state index is 12.0. The number of ether oxygens (including phenoxy) is 2. The molecule has 0 spiro atoms. The van der Waals surface area contributed by atoms with Gasteiger partial charge in [-0.25, -0.2) is 9.59 Å². The topological polar surface area (TPSA) is 72.8 Å². The van der Waals surface area contributed by atoms with Crippen molar-refractivity contribution < 1.29 is 24.2 Å². The molecule has 1 N–H and O–H groups in total. The van der Waals surface area contributed by atoms with Gasteiger partial charge >= 0.3 is 11.9 Å². The zero-order valence-corrected chi connectivity index (χ0v) is 13.8. The monoisotopic (exact) mass is 340 g/mol. The van der Waals surface area contributed by atoms with Gasteiger partial charge in [-0.2, -0.15) is 0 Å². The summed E-state index contributed by atoms with van der Waals surface area (Å²) >= 11 is 0. The second kappa shape index (κ2) is 7.49. The summed E-state index contributed by atoms with van der Waals surface area (Å²) in [6.45, 7) is 0.213. The molecule has 0 amide bonds. The first-order valence-corrected chi connectivity index (χ1v) is 8.20. The van der Waals surface area contributed by atoms with Crippen LogP contribution in [0.3, 0.4) is 0 Å². The smallest absolute Gasteiger partial charge is 0.338 e. The maximum absolute atomic E-state index is 12.0. The van der Waals surface area contributed by atoms with E-state index >= 15 is 0 Å². The van der Waals surface area contributed by atoms with Crippen LogP contribution in [0.2, 0.25) is 0 Å². The average molecular weight is 340 g/mol. The van der Waals surface area contributed by atoms with Gasteiger partial charge in [0.15, 0.2) is 0 Å². The second-order valence-electron chi connectivity index (χ2n) is 6.33. The zero-order valence-electron chi connectivity index (χ0n) is 13.8. The lowest BCUT2D eigenvalue weighted by atomic mass is 10.1. The molecule has 2 aromatic rings. The van der Waals surface area contributed by atoms with E-state index in [9.17, 15) is 14.7 Å². The molecule has 2 aromatic carbocycles. The van der Waals surface area contributed by atoms with E-state index in [2.05, 4.69) is 0 Å². The van der Waals surface area contributed by atoms with Crippen molar-refractivity contribution in [3.8, 4) is 0 Å². The summed E-state index contributed by atoms with van der Waals surface area (Å²) in [5, 5.41) is 9.66. The Bertz CT molecular complexity index is 728. The molecule has 1 aliphatic carbocycles. The number of hydrogen-bond donors (Lipinski definition) is 1. The van der Waals surface area contributed by atoms with Gasteiger partial charge in [0.2, 0.25) is 0 Å². The Kier molecular flexibility index (Phi) is 5.14. The lowest BCUT2D eigenvalue weighted by Gasteiger charge is -2.15. The van der Waals surface area contributed by atoms with Crippen molar-refractivity contribution in [2.75, 3.05) is 19.8 Å². The minimum absolute atomic E-state index is 0.00580. The molecule has 0 bridgehead atoms. The summed E-state index contributed by atoms with van der Waals surface area (Å²) in [6, 6.07) is 17.5. The Morgan fingerprint density at radius 2 is 1.44 bits per heavy atom. The third kappa shape index (κ3) is 4.06. The van der Waals surface area contributed by atoms with Gasteiger partial charge < -0.3 is 14.6 Å². The van der Waals surface area contributed by atoms with Crippen LogP contribution in [0.4, 0.5) is 0 Å². The average Bonchev–Trinajstić information content (AvgIpc) is 3.39. The van der Waals surface area contributed by atoms with Crippen LogP contribution in [0.5, 0.6) is 0 Å². The highest BCUT2D eigenvalue weighted by atomic mass is 16.5. The van der Waals surface area contributed by atoms with Gasteiger partial charge in [0.25, 0.3) is 0 Å². The van der Waals surface area contributed by atoms with Crippen LogP contribution in [-0.2, 0) is 9.47 Å². The predicted molar refractivity (Wildman–Crippen MR) is 91.1 cm³/mol. The van der Waals surface area contributed by atoms with Gasteiger partial charge in [0.05, 0.1) is 30.9 Å². The Hall–Kier alpha value is -2.66. The van der Waals surface area contributed by atoms with Gasteiger partial charge in [0.1, 0.15) is 0 Å². The van der Waals surface area contributed by atoms with E-state index in [0.29, 0.717) is 17.5 Å². The minimum Gasteiger partial charge on any atom is -0.462 e. The highest BCUT2D eigenvalue weighted by Gasteiger charge is 2.55. The SMILES string of the molecule is O=C(OC[C@H]1C[C@@]1(CO)COC(=O)c1ccccc1)c1ccccc1. The molecule has 1 saturated carbocycles. The van der Waals surface area contributed by atoms with Crippen LogP contribution in [0.15, 0.2) is 60.7 Å². The molecule has 5 nitrogen and oxygen atoms in total. The Labute approximate surface area is 146 Å². The lowest BCUT2D eigenvalue weighted by Crippen LogP contribution is -2.22. The number of esters is 2. The van der Waals surface area contributed by atoms with Crippen molar-refractivity contribution >= 4 is 11.9 Å². The summed E-state index contributed by atoms with van der Waals surface area (Å²) in [4.78, 5) is 24.0. The highest BCUT2D eigenvalue weighted by molar-refractivity contribution is 5.89. The van der Waals surface area contributed by atoms with Crippen LogP contribution in [0.25, 0.3) is 0 Å². The molecule has 0 radical (unpaired) electrons. The maximum Gasteiger partial charge on any atom is 0.338 e. The fraction of sp³-hybridized carbons (Fsp3) is 0.300. The molecular weight excluding hydrogens is 320 g/mol.